The molecule has 8 nitrogen and oxygen atoms in total. The number of pyridine rings is 1. The van der Waals surface area contributed by atoms with Crippen LogP contribution in [0.2, 0.25) is 0 Å². The highest BCUT2D eigenvalue weighted by Crippen LogP contribution is 2.36. The van der Waals surface area contributed by atoms with Crippen LogP contribution in [0.25, 0.3) is 11.3 Å². The van der Waals surface area contributed by atoms with Crippen LogP contribution >= 0.6 is 0 Å². The molecule has 1 N–H and O–H groups in total. The maximum Gasteiger partial charge on any atom is 0.227 e. The summed E-state index contributed by atoms with van der Waals surface area (Å²) in [6.07, 6.45) is 6.00. The van der Waals surface area contributed by atoms with Gasteiger partial charge in [0.1, 0.15) is 5.82 Å². The first-order valence-corrected chi connectivity index (χ1v) is 12.6. The van der Waals surface area contributed by atoms with Gasteiger partial charge in [-0.2, -0.15) is 0 Å². The van der Waals surface area contributed by atoms with E-state index in [1.54, 1.807) is 6.20 Å². The number of likely N-dealkylation sites (N-methyl/N-ethyl adjacent to an activating group) is 1. The average molecular weight is 472 g/mol. The number of nitrogens with one attached hydrogen (secondary N) is 1. The number of anilines is 4. The van der Waals surface area contributed by atoms with Crippen LogP contribution in [-0.4, -0.2) is 78.4 Å². The summed E-state index contributed by atoms with van der Waals surface area (Å²) in [6.45, 7) is 7.90. The van der Waals surface area contributed by atoms with Gasteiger partial charge in [-0.1, -0.05) is 0 Å². The van der Waals surface area contributed by atoms with Gasteiger partial charge >= 0.3 is 0 Å². The van der Waals surface area contributed by atoms with Crippen molar-refractivity contribution in [1.29, 1.82) is 0 Å². The van der Waals surface area contributed by atoms with Gasteiger partial charge < -0.3 is 19.9 Å². The van der Waals surface area contributed by atoms with Crippen molar-refractivity contribution in [3.05, 3.63) is 54.4 Å². The number of aromatic nitrogens is 3. The summed E-state index contributed by atoms with van der Waals surface area (Å²) in [4.78, 5) is 21.2. The normalized spacial score (nSPS) is 22.5. The minimum atomic E-state index is 0.588. The highest BCUT2D eigenvalue weighted by molar-refractivity contribution is 5.66. The Morgan fingerprint density at radius 2 is 1.94 bits per heavy atom. The number of hydrogen-bond acceptors (Lipinski definition) is 8. The van der Waals surface area contributed by atoms with E-state index in [0.717, 1.165) is 68.6 Å². The minimum absolute atomic E-state index is 0.588. The molecule has 0 saturated carbocycles. The van der Waals surface area contributed by atoms with Gasteiger partial charge in [-0.25, -0.2) is 15.0 Å². The molecule has 35 heavy (non-hydrogen) atoms. The number of rotatable bonds is 5. The van der Waals surface area contributed by atoms with Crippen LogP contribution in [-0.2, 0) is 4.74 Å². The number of fused-ring (bicyclic) bond motifs is 2. The van der Waals surface area contributed by atoms with E-state index in [2.05, 4.69) is 69.3 Å². The molecule has 3 aliphatic rings. The van der Waals surface area contributed by atoms with Gasteiger partial charge in [0.2, 0.25) is 5.95 Å². The summed E-state index contributed by atoms with van der Waals surface area (Å²) in [6, 6.07) is 14.0. The number of aryl methyl sites for hydroxylation is 1. The molecule has 2 aromatic heterocycles. The van der Waals surface area contributed by atoms with Gasteiger partial charge in [-0.15, -0.1) is 0 Å². The van der Waals surface area contributed by atoms with E-state index < -0.39 is 0 Å². The lowest BCUT2D eigenvalue weighted by molar-refractivity contribution is 0.152. The quantitative estimate of drug-likeness (QED) is 0.604. The molecule has 1 aromatic carbocycles. The van der Waals surface area contributed by atoms with Crippen molar-refractivity contribution >= 4 is 23.1 Å². The van der Waals surface area contributed by atoms with E-state index in [1.165, 1.54) is 17.7 Å². The maximum absolute atomic E-state index is 5.56. The third-order valence-electron chi connectivity index (χ3n) is 7.52. The number of ether oxygens (including phenoxy) is 1. The minimum Gasteiger partial charge on any atom is -0.380 e. The molecule has 5 heterocycles. The molecule has 0 spiro atoms. The molecular formula is C27H33N7O. The molecule has 2 bridgehead atoms. The second-order valence-corrected chi connectivity index (χ2v) is 9.89. The Kier molecular flexibility index (Phi) is 6.00. The zero-order valence-electron chi connectivity index (χ0n) is 20.5. The lowest BCUT2D eigenvalue weighted by Crippen LogP contribution is -2.44. The van der Waals surface area contributed by atoms with Crippen LogP contribution in [0, 0.1) is 6.92 Å². The predicted octanol–water partition coefficient (Wildman–Crippen LogP) is 3.71. The number of nitrogens with zero attached hydrogens (tertiary/aromatic N) is 6. The molecule has 3 fully saturated rings. The molecule has 2 atom stereocenters. The highest BCUT2D eigenvalue weighted by Gasteiger charge is 2.41. The smallest absolute Gasteiger partial charge is 0.227 e. The number of likely N-dealkylation sites (tertiary alicyclic amines) is 1. The Balaban J connectivity index is 1.15. The number of benzene rings is 1. The molecule has 182 valence electrons. The Morgan fingerprint density at radius 3 is 2.71 bits per heavy atom. The van der Waals surface area contributed by atoms with Crippen LogP contribution in [0.4, 0.5) is 23.1 Å². The number of hydrogen-bond donors (Lipinski definition) is 1. The first-order chi connectivity index (χ1) is 17.1. The van der Waals surface area contributed by atoms with Crippen molar-refractivity contribution in [2.75, 3.05) is 61.6 Å². The van der Waals surface area contributed by atoms with E-state index in [0.29, 0.717) is 18.0 Å². The molecule has 0 unspecified atom stereocenters. The van der Waals surface area contributed by atoms with Crippen molar-refractivity contribution in [2.24, 2.45) is 0 Å². The second kappa shape index (κ2) is 9.43. The first-order valence-electron chi connectivity index (χ1n) is 12.6. The van der Waals surface area contributed by atoms with Gasteiger partial charge in [0.25, 0.3) is 0 Å². The molecule has 6 rings (SSSR count). The summed E-state index contributed by atoms with van der Waals surface area (Å²) < 4.78 is 5.56. The lowest BCUT2D eigenvalue weighted by Gasteiger charge is -2.34. The fourth-order valence-electron chi connectivity index (χ4n) is 5.63. The monoisotopic (exact) mass is 471 g/mol. The van der Waals surface area contributed by atoms with Crippen molar-refractivity contribution in [1.82, 2.24) is 19.9 Å². The summed E-state index contributed by atoms with van der Waals surface area (Å²) in [7, 11) is 2.24. The van der Waals surface area contributed by atoms with Crippen LogP contribution in [0.1, 0.15) is 18.4 Å². The zero-order valence-corrected chi connectivity index (χ0v) is 20.5. The molecule has 0 radical (unpaired) electrons. The molecule has 0 amide bonds. The van der Waals surface area contributed by atoms with Crippen molar-refractivity contribution < 1.29 is 4.74 Å². The van der Waals surface area contributed by atoms with Crippen LogP contribution < -0.4 is 15.1 Å². The van der Waals surface area contributed by atoms with Gasteiger partial charge in [-0.3, -0.25) is 4.90 Å². The lowest BCUT2D eigenvalue weighted by atomic mass is 10.1. The van der Waals surface area contributed by atoms with E-state index in [9.17, 15) is 0 Å². The van der Waals surface area contributed by atoms with Crippen LogP contribution in [0.5, 0.6) is 0 Å². The van der Waals surface area contributed by atoms with Crippen molar-refractivity contribution in [2.45, 2.75) is 31.8 Å². The fraction of sp³-hybridized carbons (Fsp3) is 0.444. The Hall–Kier alpha value is -3.23. The first kappa shape index (κ1) is 22.2. The summed E-state index contributed by atoms with van der Waals surface area (Å²) in [5, 5.41) is 3.39. The maximum atomic E-state index is 5.56. The number of piperazine rings is 1. The summed E-state index contributed by atoms with van der Waals surface area (Å²) in [5.41, 5.74) is 5.45. The van der Waals surface area contributed by atoms with Gasteiger partial charge in [0.05, 0.1) is 12.3 Å². The topological polar surface area (TPSA) is 69.6 Å². The van der Waals surface area contributed by atoms with E-state index in [-0.39, 0.29) is 0 Å². The van der Waals surface area contributed by atoms with E-state index in [1.807, 2.05) is 12.3 Å². The van der Waals surface area contributed by atoms with Gasteiger partial charge in [0.15, 0.2) is 0 Å². The van der Waals surface area contributed by atoms with Gasteiger partial charge in [-0.05, 0) is 68.8 Å². The standard InChI is InChI=1S/C27H33N7O/c1-19-14-21(5-6-25(19)34-18-22-15-23(34)17-32(22)2)30-27-28-9-8-24(31-27)20-4-7-26(29-16-20)33-10-3-12-35-13-11-33/h4-9,14,16,22-23H,3,10-13,15,17-18H2,1-2H3,(H,28,30,31)/t22-,23-/m0/s1. The summed E-state index contributed by atoms with van der Waals surface area (Å²) in [5.74, 6) is 1.57. The molecule has 0 aliphatic carbocycles. The van der Waals surface area contributed by atoms with Crippen LogP contribution in [0.3, 0.4) is 0 Å². The largest absolute Gasteiger partial charge is 0.380 e. The third kappa shape index (κ3) is 4.56. The van der Waals surface area contributed by atoms with E-state index >= 15 is 0 Å². The molecule has 3 aromatic rings. The summed E-state index contributed by atoms with van der Waals surface area (Å²) >= 11 is 0. The molecular weight excluding hydrogens is 438 g/mol. The average Bonchev–Trinajstić information content (AvgIpc) is 3.32. The Morgan fingerprint density at radius 1 is 1.00 bits per heavy atom. The second-order valence-electron chi connectivity index (χ2n) is 9.89. The predicted molar refractivity (Wildman–Crippen MR) is 140 cm³/mol. The molecule has 3 saturated heterocycles. The Labute approximate surface area is 207 Å². The Bertz CT molecular complexity index is 1170. The fourth-order valence-corrected chi connectivity index (χ4v) is 5.63. The SMILES string of the molecule is Cc1cc(Nc2nccc(-c3ccc(N4CCCOCC4)nc3)n2)ccc1N1C[C@@H]2C[C@H]1CN2C. The van der Waals surface area contributed by atoms with E-state index in [4.69, 9.17) is 14.7 Å². The molecule has 3 aliphatic heterocycles. The van der Waals surface area contributed by atoms with Gasteiger partial charge in [0, 0.05) is 74.2 Å². The third-order valence-corrected chi connectivity index (χ3v) is 7.52. The van der Waals surface area contributed by atoms with Crippen LogP contribution in [0.15, 0.2) is 48.8 Å². The van der Waals surface area contributed by atoms with Crippen molar-refractivity contribution in [3.63, 3.8) is 0 Å². The molecule has 8 heteroatoms. The van der Waals surface area contributed by atoms with Crippen molar-refractivity contribution in [3.8, 4) is 11.3 Å². The highest BCUT2D eigenvalue weighted by atomic mass is 16.5. The zero-order chi connectivity index (χ0) is 23.8.